The van der Waals surface area contributed by atoms with Crippen molar-refractivity contribution in [3.8, 4) is 0 Å². The van der Waals surface area contributed by atoms with Gasteiger partial charge in [0.05, 0.1) is 11.9 Å². The zero-order valence-corrected chi connectivity index (χ0v) is 8.56. The second-order valence-electron chi connectivity index (χ2n) is 3.31. The molecular weight excluding hydrogens is 196 g/mol. The average Bonchev–Trinajstić information content (AvgIpc) is 2.71. The monoisotopic (exact) mass is 208 g/mol. The molecule has 0 atom stereocenters. The lowest BCUT2D eigenvalue weighted by atomic mass is 10.4. The van der Waals surface area contributed by atoms with Gasteiger partial charge in [-0.05, 0) is 6.92 Å². The number of nitrogens with zero attached hydrogens (tertiary/aromatic N) is 4. The molecule has 7 nitrogen and oxygen atoms in total. The number of amides is 1. The molecule has 0 saturated carbocycles. The number of hydrazine groups is 1. The topological polar surface area (TPSA) is 90.8 Å². The third-order valence-corrected chi connectivity index (χ3v) is 2.27. The Morgan fingerprint density at radius 1 is 1.67 bits per heavy atom. The largest absolute Gasteiger partial charge is 0.293 e. The first-order valence-corrected chi connectivity index (χ1v) is 4.48. The zero-order chi connectivity index (χ0) is 11.0. The van der Waals surface area contributed by atoms with Crippen LogP contribution in [0, 0.1) is 6.92 Å². The van der Waals surface area contributed by atoms with Crippen molar-refractivity contribution in [3.05, 3.63) is 11.9 Å². The smallest absolute Gasteiger partial charge is 0.255 e. The molecule has 0 aromatic carbocycles. The summed E-state index contributed by atoms with van der Waals surface area (Å²) in [6.07, 6.45) is 1.68. The van der Waals surface area contributed by atoms with Gasteiger partial charge in [0, 0.05) is 7.05 Å². The molecule has 0 aliphatic carbocycles. The highest BCUT2D eigenvalue weighted by atomic mass is 16.2. The molecule has 2 heterocycles. The van der Waals surface area contributed by atoms with Crippen molar-refractivity contribution in [1.29, 1.82) is 0 Å². The minimum Gasteiger partial charge on any atom is -0.293 e. The van der Waals surface area contributed by atoms with E-state index in [-0.39, 0.29) is 12.5 Å². The first-order chi connectivity index (χ1) is 7.13. The zero-order valence-electron chi connectivity index (χ0n) is 8.56. The van der Waals surface area contributed by atoms with E-state index in [4.69, 9.17) is 5.84 Å². The Labute approximate surface area is 85.8 Å². The number of fused-ring (bicyclic) bond motifs is 1. The lowest BCUT2D eigenvalue weighted by Gasteiger charge is -2.00. The van der Waals surface area contributed by atoms with Crippen LogP contribution < -0.4 is 11.3 Å². The molecular formula is C8H12N6O. The molecule has 2 aromatic rings. The van der Waals surface area contributed by atoms with Crippen LogP contribution in [-0.4, -0.2) is 25.5 Å². The number of rotatable bonds is 2. The quantitative estimate of drug-likeness (QED) is 0.379. The fourth-order valence-corrected chi connectivity index (χ4v) is 1.61. The maximum atomic E-state index is 11.1. The first-order valence-electron chi connectivity index (χ1n) is 4.48. The van der Waals surface area contributed by atoms with Crippen molar-refractivity contribution in [3.63, 3.8) is 0 Å². The fraction of sp³-hybridized carbons (Fsp3) is 0.375. The van der Waals surface area contributed by atoms with E-state index in [0.717, 1.165) is 16.7 Å². The number of carbonyl (C=O) groups is 1. The molecule has 7 heteroatoms. The van der Waals surface area contributed by atoms with Gasteiger partial charge in [-0.1, -0.05) is 0 Å². The summed E-state index contributed by atoms with van der Waals surface area (Å²) in [5.74, 6) is 4.73. The van der Waals surface area contributed by atoms with Gasteiger partial charge in [0.2, 0.25) is 0 Å². The lowest BCUT2D eigenvalue weighted by Crippen LogP contribution is -2.33. The summed E-state index contributed by atoms with van der Waals surface area (Å²) in [6, 6.07) is 0. The van der Waals surface area contributed by atoms with Crippen LogP contribution in [0.25, 0.3) is 11.0 Å². The molecule has 3 N–H and O–H groups in total. The predicted octanol–water partition coefficient (Wildman–Crippen LogP) is -0.932. The Bertz CT molecular complexity index is 510. The molecule has 0 aliphatic heterocycles. The van der Waals surface area contributed by atoms with E-state index in [1.807, 2.05) is 14.0 Å². The minimum atomic E-state index is -0.289. The summed E-state index contributed by atoms with van der Waals surface area (Å²) in [5, 5.41) is 8.34. The van der Waals surface area contributed by atoms with Gasteiger partial charge >= 0.3 is 0 Å². The summed E-state index contributed by atoms with van der Waals surface area (Å²) in [5.41, 5.74) is 4.67. The van der Waals surface area contributed by atoms with E-state index in [9.17, 15) is 4.79 Å². The second kappa shape index (κ2) is 3.35. The lowest BCUT2D eigenvalue weighted by molar-refractivity contribution is -0.121. The fourth-order valence-electron chi connectivity index (χ4n) is 1.61. The standard InChI is InChI=1S/C8H12N6O/c1-5-8-6(13(2)12-5)3-10-14(8)4-7(15)11-9/h3H,4,9H2,1-2H3,(H,11,15). The van der Waals surface area contributed by atoms with Crippen LogP contribution in [0.3, 0.4) is 0 Å². The number of aromatic nitrogens is 4. The maximum Gasteiger partial charge on any atom is 0.255 e. The summed E-state index contributed by atoms with van der Waals surface area (Å²) < 4.78 is 3.31. The number of nitrogens with one attached hydrogen (secondary N) is 1. The van der Waals surface area contributed by atoms with Crippen LogP contribution in [0.4, 0.5) is 0 Å². The highest BCUT2D eigenvalue weighted by Crippen LogP contribution is 2.16. The van der Waals surface area contributed by atoms with Crippen LogP contribution in [0.5, 0.6) is 0 Å². The number of hydrogen-bond acceptors (Lipinski definition) is 4. The van der Waals surface area contributed by atoms with E-state index in [2.05, 4.69) is 15.6 Å². The summed E-state index contributed by atoms with van der Waals surface area (Å²) in [6.45, 7) is 1.98. The molecule has 2 rings (SSSR count). The van der Waals surface area contributed by atoms with Gasteiger partial charge in [-0.25, -0.2) is 5.84 Å². The van der Waals surface area contributed by atoms with Gasteiger partial charge in [-0.2, -0.15) is 10.2 Å². The molecule has 0 spiro atoms. The Hall–Kier alpha value is -1.89. The van der Waals surface area contributed by atoms with Crippen LogP contribution in [-0.2, 0) is 18.4 Å². The summed E-state index contributed by atoms with van der Waals surface area (Å²) in [7, 11) is 1.84. The van der Waals surface area contributed by atoms with Crippen LogP contribution in [0.15, 0.2) is 6.20 Å². The number of aryl methyl sites for hydroxylation is 2. The number of hydrogen-bond donors (Lipinski definition) is 2. The number of nitrogens with two attached hydrogens (primary N) is 1. The van der Waals surface area contributed by atoms with Crippen molar-refractivity contribution in [2.24, 2.45) is 12.9 Å². The van der Waals surface area contributed by atoms with Gasteiger partial charge < -0.3 is 0 Å². The van der Waals surface area contributed by atoms with Gasteiger partial charge in [0.25, 0.3) is 5.91 Å². The van der Waals surface area contributed by atoms with E-state index in [1.165, 1.54) is 0 Å². The highest BCUT2D eigenvalue weighted by molar-refractivity contribution is 5.81. The minimum absolute atomic E-state index is 0.104. The normalized spacial score (nSPS) is 10.9. The molecule has 1 amide bonds. The Morgan fingerprint density at radius 2 is 2.40 bits per heavy atom. The van der Waals surface area contributed by atoms with E-state index in [1.54, 1.807) is 15.6 Å². The number of carbonyl (C=O) groups excluding carboxylic acids is 1. The molecule has 0 radical (unpaired) electrons. The van der Waals surface area contributed by atoms with Crippen LogP contribution >= 0.6 is 0 Å². The predicted molar refractivity (Wildman–Crippen MR) is 53.6 cm³/mol. The summed E-state index contributed by atoms with van der Waals surface area (Å²) in [4.78, 5) is 11.1. The third kappa shape index (κ3) is 1.46. The van der Waals surface area contributed by atoms with E-state index >= 15 is 0 Å². The molecule has 0 bridgehead atoms. The third-order valence-electron chi connectivity index (χ3n) is 2.27. The van der Waals surface area contributed by atoms with E-state index in [0.29, 0.717) is 0 Å². The van der Waals surface area contributed by atoms with Gasteiger partial charge in [0.15, 0.2) is 0 Å². The Balaban J connectivity index is 2.48. The molecule has 0 saturated heterocycles. The molecule has 0 fully saturated rings. The molecule has 2 aromatic heterocycles. The Kier molecular flexibility index (Phi) is 2.16. The molecule has 0 aliphatic rings. The molecule has 80 valence electrons. The van der Waals surface area contributed by atoms with Crippen molar-refractivity contribution in [2.45, 2.75) is 13.5 Å². The second-order valence-corrected chi connectivity index (χ2v) is 3.31. The van der Waals surface area contributed by atoms with Crippen molar-refractivity contribution in [1.82, 2.24) is 25.0 Å². The van der Waals surface area contributed by atoms with Crippen molar-refractivity contribution in [2.75, 3.05) is 0 Å². The Morgan fingerprint density at radius 3 is 3.07 bits per heavy atom. The van der Waals surface area contributed by atoms with Gasteiger partial charge in [-0.15, -0.1) is 0 Å². The van der Waals surface area contributed by atoms with E-state index < -0.39 is 0 Å². The average molecular weight is 208 g/mol. The molecule has 15 heavy (non-hydrogen) atoms. The van der Waals surface area contributed by atoms with Crippen molar-refractivity contribution >= 4 is 16.9 Å². The SMILES string of the molecule is Cc1nn(C)c2cnn(CC(=O)NN)c12. The van der Waals surface area contributed by atoms with Crippen LogP contribution in [0.1, 0.15) is 5.69 Å². The van der Waals surface area contributed by atoms with Gasteiger partial charge in [-0.3, -0.25) is 19.6 Å². The summed E-state index contributed by atoms with van der Waals surface area (Å²) >= 11 is 0. The maximum absolute atomic E-state index is 11.1. The van der Waals surface area contributed by atoms with Crippen molar-refractivity contribution < 1.29 is 4.79 Å². The molecule has 0 unspecified atom stereocenters. The van der Waals surface area contributed by atoms with Crippen LogP contribution in [0.2, 0.25) is 0 Å². The van der Waals surface area contributed by atoms with Gasteiger partial charge in [0.1, 0.15) is 17.6 Å². The highest BCUT2D eigenvalue weighted by Gasteiger charge is 2.12. The first kappa shape index (κ1) is 9.66.